The molecule has 0 unspecified atom stereocenters. The Balaban J connectivity index is 3.62. The number of aromatic carboxylic acids is 1. The molecule has 0 aliphatic heterocycles. The zero-order valence-corrected chi connectivity index (χ0v) is 9.90. The van der Waals surface area contributed by atoms with Crippen molar-refractivity contribution in [3.05, 3.63) is 23.0 Å². The average molecular weight is 324 g/mol. The summed E-state index contributed by atoms with van der Waals surface area (Å²) in [4.78, 5) is 13.9. The Morgan fingerprint density at radius 2 is 1.85 bits per heavy atom. The van der Waals surface area contributed by atoms with E-state index < -0.39 is 47.0 Å². The molecule has 0 spiro atoms. The molecule has 112 valence electrons. The Morgan fingerprint density at radius 1 is 1.30 bits per heavy atom. The number of nitrogens with zero attached hydrogens (tertiary/aromatic N) is 1. The van der Waals surface area contributed by atoms with Crippen molar-refractivity contribution in [2.75, 3.05) is 0 Å². The largest absolute Gasteiger partial charge is 0.573 e. The molecule has 0 amide bonds. The van der Waals surface area contributed by atoms with Crippen LogP contribution in [0.3, 0.4) is 0 Å². The van der Waals surface area contributed by atoms with Gasteiger partial charge in [-0.05, 0) is 0 Å². The summed E-state index contributed by atoms with van der Waals surface area (Å²) in [5.74, 6) is -4.58. The molecule has 0 saturated heterocycles. The molecule has 1 aromatic heterocycles. The van der Waals surface area contributed by atoms with E-state index in [9.17, 15) is 31.1 Å². The Bertz CT molecular complexity index is 528. The second-order valence-electron chi connectivity index (χ2n) is 3.31. The maximum atomic E-state index is 12.6. The smallest absolute Gasteiger partial charge is 0.478 e. The Kier molecular flexibility index (Phi) is 4.37. The van der Waals surface area contributed by atoms with Gasteiger partial charge in [0.2, 0.25) is 0 Å². The minimum absolute atomic E-state index is 0.0877. The number of pyridine rings is 1. The van der Waals surface area contributed by atoms with Gasteiger partial charge < -0.3 is 9.84 Å². The van der Waals surface area contributed by atoms with Crippen LogP contribution in [-0.2, 0) is 12.1 Å². The number of rotatable bonds is 3. The fraction of sp³-hybridized carbons (Fsp3) is 0.333. The highest BCUT2D eigenvalue weighted by molar-refractivity contribution is 6.17. The minimum Gasteiger partial charge on any atom is -0.478 e. The van der Waals surface area contributed by atoms with Gasteiger partial charge >= 0.3 is 18.5 Å². The first-order valence-corrected chi connectivity index (χ1v) is 5.15. The molecular weight excluding hydrogens is 320 g/mol. The number of alkyl halides is 7. The molecule has 20 heavy (non-hydrogen) atoms. The fourth-order valence-electron chi connectivity index (χ4n) is 1.28. The van der Waals surface area contributed by atoms with E-state index in [1.807, 2.05) is 0 Å². The molecule has 1 rings (SSSR count). The molecule has 11 heteroatoms. The first-order valence-electron chi connectivity index (χ1n) is 4.61. The number of ether oxygens (including phenoxy) is 1. The fourth-order valence-corrected chi connectivity index (χ4v) is 1.47. The maximum absolute atomic E-state index is 12.6. The molecule has 4 nitrogen and oxygen atoms in total. The normalized spacial score (nSPS) is 12.3. The van der Waals surface area contributed by atoms with Gasteiger partial charge in [-0.15, -0.1) is 24.8 Å². The Labute approximate surface area is 111 Å². The number of hydrogen-bond donors (Lipinski definition) is 1. The third-order valence-corrected chi connectivity index (χ3v) is 2.22. The minimum atomic E-state index is -5.39. The number of aromatic nitrogens is 1. The Morgan fingerprint density at radius 3 is 2.20 bits per heavy atom. The van der Waals surface area contributed by atoms with Crippen LogP contribution in [0, 0.1) is 0 Å². The predicted molar refractivity (Wildman–Crippen MR) is 52.4 cm³/mol. The van der Waals surface area contributed by atoms with E-state index in [2.05, 4.69) is 9.72 Å². The molecule has 0 saturated carbocycles. The van der Waals surface area contributed by atoms with Gasteiger partial charge in [0.25, 0.3) is 0 Å². The van der Waals surface area contributed by atoms with Gasteiger partial charge in [-0.3, -0.25) is 4.98 Å². The predicted octanol–water partition coefficient (Wildman–Crippen LogP) is 3.44. The maximum Gasteiger partial charge on any atom is 0.573 e. The summed E-state index contributed by atoms with van der Waals surface area (Å²) >= 11 is 5.22. The van der Waals surface area contributed by atoms with Crippen LogP contribution in [0.2, 0.25) is 0 Å². The first kappa shape index (κ1) is 16.3. The molecule has 0 bridgehead atoms. The molecule has 1 N–H and O–H groups in total. The lowest BCUT2D eigenvalue weighted by atomic mass is 10.1. The summed E-state index contributed by atoms with van der Waals surface area (Å²) in [6.07, 6.45) is -10.5. The number of carboxylic acids is 1. The van der Waals surface area contributed by atoms with Gasteiger partial charge in [0.1, 0.15) is 5.56 Å². The van der Waals surface area contributed by atoms with E-state index in [-0.39, 0.29) is 6.20 Å². The summed E-state index contributed by atoms with van der Waals surface area (Å²) in [7, 11) is 0. The van der Waals surface area contributed by atoms with Gasteiger partial charge in [0, 0.05) is 6.20 Å². The first-order chi connectivity index (χ1) is 8.97. The van der Waals surface area contributed by atoms with Crippen LogP contribution in [0.4, 0.5) is 26.3 Å². The highest BCUT2D eigenvalue weighted by atomic mass is 35.5. The topological polar surface area (TPSA) is 59.4 Å². The van der Waals surface area contributed by atoms with E-state index in [1.165, 1.54) is 0 Å². The van der Waals surface area contributed by atoms with Gasteiger partial charge in [0.15, 0.2) is 5.75 Å². The zero-order chi connectivity index (χ0) is 15.7. The second kappa shape index (κ2) is 5.35. The second-order valence-corrected chi connectivity index (χ2v) is 3.57. The van der Waals surface area contributed by atoms with Gasteiger partial charge in [0.05, 0.1) is 17.1 Å². The van der Waals surface area contributed by atoms with Crippen LogP contribution >= 0.6 is 11.6 Å². The van der Waals surface area contributed by atoms with Crippen LogP contribution in [-0.4, -0.2) is 22.4 Å². The molecule has 0 fully saturated rings. The van der Waals surface area contributed by atoms with Crippen LogP contribution < -0.4 is 4.74 Å². The van der Waals surface area contributed by atoms with Gasteiger partial charge in [-0.2, -0.15) is 13.2 Å². The molecule has 1 aromatic rings. The summed E-state index contributed by atoms with van der Waals surface area (Å²) in [5, 5.41) is 8.71. The number of carbonyl (C=O) groups is 1. The highest BCUT2D eigenvalue weighted by Gasteiger charge is 2.42. The highest BCUT2D eigenvalue weighted by Crippen LogP contribution is 2.39. The number of hydrogen-bond acceptors (Lipinski definition) is 3. The summed E-state index contributed by atoms with van der Waals surface area (Å²) < 4.78 is 77.6. The van der Waals surface area contributed by atoms with Crippen LogP contribution in [0.5, 0.6) is 5.75 Å². The van der Waals surface area contributed by atoms with E-state index in [1.54, 1.807) is 0 Å². The van der Waals surface area contributed by atoms with E-state index in [4.69, 9.17) is 16.7 Å². The van der Waals surface area contributed by atoms with Crippen molar-refractivity contribution in [1.29, 1.82) is 0 Å². The molecule has 1 heterocycles. The van der Waals surface area contributed by atoms with Crippen molar-refractivity contribution in [3.63, 3.8) is 0 Å². The van der Waals surface area contributed by atoms with Crippen molar-refractivity contribution in [2.24, 2.45) is 0 Å². The standard InChI is InChI=1S/C9H4ClF6NO3/c10-1-4-6(20-9(14,15)16)5(7(18)19)3(2-17-4)8(11,12)13/h2H,1H2,(H,18,19). The average Bonchev–Trinajstić information content (AvgIpc) is 2.24. The third kappa shape index (κ3) is 3.65. The summed E-state index contributed by atoms with van der Waals surface area (Å²) in [6.45, 7) is 0. The zero-order valence-electron chi connectivity index (χ0n) is 9.14. The molecular formula is C9H4ClF6NO3. The van der Waals surface area contributed by atoms with E-state index in [0.29, 0.717) is 0 Å². The lowest BCUT2D eigenvalue weighted by Gasteiger charge is -2.17. The molecule has 0 aliphatic carbocycles. The lowest BCUT2D eigenvalue weighted by molar-refractivity contribution is -0.275. The van der Waals surface area contributed by atoms with Crippen molar-refractivity contribution >= 4 is 17.6 Å². The van der Waals surface area contributed by atoms with Crippen molar-refractivity contribution in [2.45, 2.75) is 18.4 Å². The number of carboxylic acid groups (broad SMARTS) is 1. The molecule has 0 aliphatic rings. The number of halogens is 7. The van der Waals surface area contributed by atoms with Crippen LogP contribution in [0.25, 0.3) is 0 Å². The van der Waals surface area contributed by atoms with Gasteiger partial charge in [-0.1, -0.05) is 0 Å². The SMILES string of the molecule is O=C(O)c1c(C(F)(F)F)cnc(CCl)c1OC(F)(F)F. The molecule has 0 radical (unpaired) electrons. The van der Waals surface area contributed by atoms with Crippen molar-refractivity contribution in [1.82, 2.24) is 4.98 Å². The summed E-state index contributed by atoms with van der Waals surface area (Å²) in [5.41, 5.74) is -4.33. The third-order valence-electron chi connectivity index (χ3n) is 1.97. The summed E-state index contributed by atoms with van der Waals surface area (Å²) in [6, 6.07) is 0. The molecule has 0 aromatic carbocycles. The molecule has 0 atom stereocenters. The van der Waals surface area contributed by atoms with Crippen molar-refractivity contribution < 1.29 is 41.0 Å². The van der Waals surface area contributed by atoms with Crippen LogP contribution in [0.15, 0.2) is 6.20 Å². The monoisotopic (exact) mass is 323 g/mol. The van der Waals surface area contributed by atoms with Crippen LogP contribution in [0.1, 0.15) is 21.6 Å². The van der Waals surface area contributed by atoms with Gasteiger partial charge in [-0.25, -0.2) is 4.79 Å². The van der Waals surface area contributed by atoms with Crippen molar-refractivity contribution in [3.8, 4) is 5.75 Å². The van der Waals surface area contributed by atoms with E-state index >= 15 is 0 Å². The Hall–Kier alpha value is -1.71. The van der Waals surface area contributed by atoms with E-state index in [0.717, 1.165) is 0 Å². The lowest BCUT2D eigenvalue weighted by Crippen LogP contribution is -2.23. The quantitative estimate of drug-likeness (QED) is 0.684.